The van der Waals surface area contributed by atoms with Gasteiger partial charge < -0.3 is 10.1 Å². The van der Waals surface area contributed by atoms with Gasteiger partial charge in [-0.15, -0.1) is 0 Å². The molecular formula is C12H14F2N2O3. The molecule has 0 radical (unpaired) electrons. The monoisotopic (exact) mass is 272 g/mol. The molecule has 1 N–H and O–H groups in total. The standard InChI is InChI=1S/C12H14F2N2O3/c13-9-6-12(10(14)5-11(9)16(17)18)19-7-8-1-3-15-4-2-8/h5-6,8,15H,1-4,7H2. The van der Waals surface area contributed by atoms with Crippen molar-refractivity contribution < 1.29 is 18.4 Å². The fourth-order valence-corrected chi connectivity index (χ4v) is 2.02. The summed E-state index contributed by atoms with van der Waals surface area (Å²) in [7, 11) is 0. The fraction of sp³-hybridized carbons (Fsp3) is 0.500. The molecule has 1 fully saturated rings. The fourth-order valence-electron chi connectivity index (χ4n) is 2.02. The van der Waals surface area contributed by atoms with Crippen LogP contribution in [0.1, 0.15) is 12.8 Å². The van der Waals surface area contributed by atoms with E-state index in [1.807, 2.05) is 0 Å². The van der Waals surface area contributed by atoms with Crippen molar-refractivity contribution in [3.8, 4) is 5.75 Å². The molecule has 0 atom stereocenters. The Morgan fingerprint density at radius 1 is 1.32 bits per heavy atom. The summed E-state index contributed by atoms with van der Waals surface area (Å²) in [6, 6.07) is 1.28. The van der Waals surface area contributed by atoms with E-state index in [0.29, 0.717) is 12.0 Å². The van der Waals surface area contributed by atoms with Crippen LogP contribution in [-0.4, -0.2) is 24.6 Å². The number of rotatable bonds is 4. The van der Waals surface area contributed by atoms with Crippen molar-refractivity contribution in [2.45, 2.75) is 12.8 Å². The molecule has 0 saturated carbocycles. The number of piperidine rings is 1. The number of halogens is 2. The van der Waals surface area contributed by atoms with E-state index in [9.17, 15) is 18.9 Å². The van der Waals surface area contributed by atoms with Gasteiger partial charge in [0.2, 0.25) is 5.82 Å². The van der Waals surface area contributed by atoms with E-state index < -0.39 is 22.2 Å². The number of nitrogens with zero attached hydrogens (tertiary/aromatic N) is 1. The van der Waals surface area contributed by atoms with Crippen LogP contribution in [0, 0.1) is 27.7 Å². The topological polar surface area (TPSA) is 64.4 Å². The van der Waals surface area contributed by atoms with Crippen LogP contribution in [0.4, 0.5) is 14.5 Å². The summed E-state index contributed by atoms with van der Waals surface area (Å²) in [5.41, 5.74) is -0.883. The molecule has 0 unspecified atom stereocenters. The Balaban J connectivity index is 2.04. The third-order valence-electron chi connectivity index (χ3n) is 3.13. The van der Waals surface area contributed by atoms with E-state index in [1.54, 1.807) is 0 Å². The molecule has 104 valence electrons. The van der Waals surface area contributed by atoms with Crippen LogP contribution < -0.4 is 10.1 Å². The molecule has 1 aromatic rings. The van der Waals surface area contributed by atoms with Gasteiger partial charge in [-0.05, 0) is 31.8 Å². The van der Waals surface area contributed by atoms with Gasteiger partial charge >= 0.3 is 5.69 Å². The maximum atomic E-state index is 13.5. The smallest absolute Gasteiger partial charge is 0.307 e. The summed E-state index contributed by atoms with van der Waals surface area (Å²) in [5.74, 6) is -1.99. The van der Waals surface area contributed by atoms with Crippen molar-refractivity contribution >= 4 is 5.69 Å². The number of ether oxygens (including phenoxy) is 1. The van der Waals surface area contributed by atoms with Crippen LogP contribution in [0.3, 0.4) is 0 Å². The molecule has 1 saturated heterocycles. The molecule has 0 spiro atoms. The first-order chi connectivity index (χ1) is 9.08. The van der Waals surface area contributed by atoms with Crippen LogP contribution in [0.2, 0.25) is 0 Å². The van der Waals surface area contributed by atoms with E-state index in [2.05, 4.69) is 5.32 Å². The van der Waals surface area contributed by atoms with E-state index in [0.717, 1.165) is 32.0 Å². The highest BCUT2D eigenvalue weighted by Crippen LogP contribution is 2.27. The van der Waals surface area contributed by atoms with Gasteiger partial charge in [0, 0.05) is 6.07 Å². The Labute approximate surface area is 108 Å². The minimum atomic E-state index is -1.09. The van der Waals surface area contributed by atoms with Gasteiger partial charge in [0.15, 0.2) is 11.6 Å². The predicted octanol–water partition coefficient (Wildman–Crippen LogP) is 2.25. The number of nitro benzene ring substituents is 1. The maximum Gasteiger partial charge on any atom is 0.307 e. The first-order valence-electron chi connectivity index (χ1n) is 6.05. The van der Waals surface area contributed by atoms with Crippen LogP contribution in [0.25, 0.3) is 0 Å². The zero-order valence-electron chi connectivity index (χ0n) is 10.2. The summed E-state index contributed by atoms with van der Waals surface area (Å²) >= 11 is 0. The molecule has 7 heteroatoms. The first-order valence-corrected chi connectivity index (χ1v) is 6.05. The predicted molar refractivity (Wildman–Crippen MR) is 64.1 cm³/mol. The van der Waals surface area contributed by atoms with Crippen molar-refractivity contribution in [1.29, 1.82) is 0 Å². The zero-order valence-corrected chi connectivity index (χ0v) is 10.2. The Kier molecular flexibility index (Phi) is 4.26. The average Bonchev–Trinajstić information content (AvgIpc) is 2.40. The van der Waals surface area contributed by atoms with Crippen LogP contribution in [0.15, 0.2) is 12.1 Å². The SMILES string of the molecule is O=[N+]([O-])c1cc(F)c(OCC2CCNCC2)cc1F. The Morgan fingerprint density at radius 2 is 2.00 bits per heavy atom. The molecule has 0 aromatic heterocycles. The van der Waals surface area contributed by atoms with Crippen LogP contribution in [-0.2, 0) is 0 Å². The lowest BCUT2D eigenvalue weighted by Crippen LogP contribution is -2.30. The second-order valence-electron chi connectivity index (χ2n) is 4.50. The number of benzene rings is 1. The van der Waals surface area contributed by atoms with E-state index in [-0.39, 0.29) is 12.4 Å². The van der Waals surface area contributed by atoms with Gasteiger partial charge in [-0.1, -0.05) is 0 Å². The summed E-state index contributed by atoms with van der Waals surface area (Å²) in [6.07, 6.45) is 1.83. The summed E-state index contributed by atoms with van der Waals surface area (Å²) in [5, 5.41) is 13.6. The third kappa shape index (κ3) is 3.37. The van der Waals surface area contributed by atoms with E-state index in [1.165, 1.54) is 0 Å². The van der Waals surface area contributed by atoms with E-state index in [4.69, 9.17) is 4.74 Å². The molecular weight excluding hydrogens is 258 g/mol. The quantitative estimate of drug-likeness (QED) is 0.674. The van der Waals surface area contributed by atoms with Crippen LogP contribution in [0.5, 0.6) is 5.75 Å². The lowest BCUT2D eigenvalue weighted by molar-refractivity contribution is -0.387. The van der Waals surface area contributed by atoms with Gasteiger partial charge in [0.1, 0.15) is 0 Å². The molecule has 0 amide bonds. The summed E-state index contributed by atoms with van der Waals surface area (Å²) < 4.78 is 32.1. The van der Waals surface area contributed by atoms with Crippen molar-refractivity contribution in [3.05, 3.63) is 33.9 Å². The lowest BCUT2D eigenvalue weighted by Gasteiger charge is -2.22. The highest BCUT2D eigenvalue weighted by molar-refractivity contribution is 5.39. The second kappa shape index (κ2) is 5.92. The summed E-state index contributed by atoms with van der Waals surface area (Å²) in [4.78, 5) is 9.48. The van der Waals surface area contributed by atoms with Crippen molar-refractivity contribution in [2.75, 3.05) is 19.7 Å². The van der Waals surface area contributed by atoms with Gasteiger partial charge in [-0.3, -0.25) is 10.1 Å². The molecule has 1 aliphatic rings. The molecule has 1 aromatic carbocycles. The van der Waals surface area contributed by atoms with Crippen molar-refractivity contribution in [3.63, 3.8) is 0 Å². The minimum Gasteiger partial charge on any atom is -0.490 e. The zero-order chi connectivity index (χ0) is 13.8. The average molecular weight is 272 g/mol. The Bertz CT molecular complexity index is 476. The number of hydrogen-bond donors (Lipinski definition) is 1. The Morgan fingerprint density at radius 3 is 2.63 bits per heavy atom. The second-order valence-corrected chi connectivity index (χ2v) is 4.50. The number of nitrogens with one attached hydrogen (secondary N) is 1. The van der Waals surface area contributed by atoms with E-state index >= 15 is 0 Å². The van der Waals surface area contributed by atoms with Gasteiger partial charge in [-0.25, -0.2) is 4.39 Å². The molecule has 1 heterocycles. The van der Waals surface area contributed by atoms with Crippen molar-refractivity contribution in [1.82, 2.24) is 5.32 Å². The normalized spacial score (nSPS) is 16.3. The molecule has 5 nitrogen and oxygen atoms in total. The highest BCUT2D eigenvalue weighted by Gasteiger charge is 2.20. The largest absolute Gasteiger partial charge is 0.490 e. The molecule has 1 aliphatic heterocycles. The summed E-state index contributed by atoms with van der Waals surface area (Å²) in [6.45, 7) is 2.05. The molecule has 19 heavy (non-hydrogen) atoms. The lowest BCUT2D eigenvalue weighted by atomic mass is 9.99. The molecule has 0 bridgehead atoms. The van der Waals surface area contributed by atoms with Gasteiger partial charge in [0.05, 0.1) is 17.6 Å². The minimum absolute atomic E-state index is 0.276. The maximum absolute atomic E-state index is 13.5. The first kappa shape index (κ1) is 13.7. The third-order valence-corrected chi connectivity index (χ3v) is 3.13. The van der Waals surface area contributed by atoms with Gasteiger partial charge in [-0.2, -0.15) is 4.39 Å². The number of nitro groups is 1. The Hall–Kier alpha value is -1.76. The number of hydrogen-bond acceptors (Lipinski definition) is 4. The van der Waals surface area contributed by atoms with Gasteiger partial charge in [0.25, 0.3) is 0 Å². The van der Waals surface area contributed by atoms with Crippen molar-refractivity contribution in [2.24, 2.45) is 5.92 Å². The molecule has 0 aliphatic carbocycles. The van der Waals surface area contributed by atoms with Crippen LogP contribution >= 0.6 is 0 Å². The highest BCUT2D eigenvalue weighted by atomic mass is 19.1. The molecule has 2 rings (SSSR count).